The van der Waals surface area contributed by atoms with Gasteiger partial charge in [0.25, 0.3) is 0 Å². The average Bonchev–Trinajstić information content (AvgIpc) is 2.79. The molecule has 0 aliphatic rings. The molecule has 1 heterocycles. The van der Waals surface area contributed by atoms with Gasteiger partial charge in [0, 0.05) is 16.8 Å². The molecule has 5 heteroatoms. The zero-order valence-corrected chi connectivity index (χ0v) is 18.4. The van der Waals surface area contributed by atoms with Crippen molar-refractivity contribution in [3.8, 4) is 22.4 Å². The molecule has 160 valence electrons. The van der Waals surface area contributed by atoms with Gasteiger partial charge in [-0.15, -0.1) is 10.2 Å². The number of carbonyl (C=O) groups is 1. The molecule has 1 aromatic heterocycles. The van der Waals surface area contributed by atoms with E-state index in [2.05, 4.69) is 21.6 Å². The molecule has 4 aromatic rings. The SMILES string of the molecule is CCOC(=O)c1c(Nc2cc(C)cc(C)c2)nnc(-c2ccccc2)c1-c1ccccc1. The topological polar surface area (TPSA) is 64.1 Å². The van der Waals surface area contributed by atoms with Gasteiger partial charge in [-0.3, -0.25) is 0 Å². The predicted octanol–water partition coefficient (Wildman–Crippen LogP) is 6.35. The Balaban J connectivity index is 1.97. The average molecular weight is 424 g/mol. The van der Waals surface area contributed by atoms with Crippen LogP contribution in [0.1, 0.15) is 28.4 Å². The number of ether oxygens (including phenoxy) is 1. The van der Waals surface area contributed by atoms with Gasteiger partial charge in [0.15, 0.2) is 5.82 Å². The summed E-state index contributed by atoms with van der Waals surface area (Å²) in [6.45, 7) is 6.12. The van der Waals surface area contributed by atoms with E-state index in [-0.39, 0.29) is 6.61 Å². The molecular weight excluding hydrogens is 398 g/mol. The van der Waals surface area contributed by atoms with Crippen molar-refractivity contribution in [3.63, 3.8) is 0 Å². The first-order valence-electron chi connectivity index (χ1n) is 10.6. The second-order valence-corrected chi connectivity index (χ2v) is 7.60. The highest BCUT2D eigenvalue weighted by Crippen LogP contribution is 2.37. The lowest BCUT2D eigenvalue weighted by Gasteiger charge is -2.18. The molecule has 32 heavy (non-hydrogen) atoms. The van der Waals surface area contributed by atoms with Gasteiger partial charge in [-0.1, -0.05) is 66.7 Å². The number of aromatic nitrogens is 2. The third-order valence-electron chi connectivity index (χ3n) is 5.05. The molecule has 0 fully saturated rings. The first kappa shape index (κ1) is 21.2. The molecule has 0 aliphatic carbocycles. The van der Waals surface area contributed by atoms with Crippen LogP contribution in [0, 0.1) is 13.8 Å². The molecule has 0 aliphatic heterocycles. The fourth-order valence-corrected chi connectivity index (χ4v) is 3.79. The van der Waals surface area contributed by atoms with Crippen LogP contribution in [-0.4, -0.2) is 22.8 Å². The monoisotopic (exact) mass is 423 g/mol. The van der Waals surface area contributed by atoms with Gasteiger partial charge in [0.2, 0.25) is 0 Å². The van der Waals surface area contributed by atoms with Crippen molar-refractivity contribution in [3.05, 3.63) is 95.6 Å². The Morgan fingerprint density at radius 1 is 0.844 bits per heavy atom. The minimum Gasteiger partial charge on any atom is -0.462 e. The van der Waals surface area contributed by atoms with Crippen LogP contribution in [0.15, 0.2) is 78.9 Å². The lowest BCUT2D eigenvalue weighted by molar-refractivity contribution is 0.0528. The second kappa shape index (κ2) is 9.43. The largest absolute Gasteiger partial charge is 0.462 e. The summed E-state index contributed by atoms with van der Waals surface area (Å²) in [5.74, 6) is -0.0720. The Morgan fingerprint density at radius 3 is 2.03 bits per heavy atom. The van der Waals surface area contributed by atoms with Crippen LogP contribution in [0.5, 0.6) is 0 Å². The molecule has 4 rings (SSSR count). The Kier molecular flexibility index (Phi) is 6.26. The maximum absolute atomic E-state index is 13.2. The summed E-state index contributed by atoms with van der Waals surface area (Å²) in [5, 5.41) is 12.3. The van der Waals surface area contributed by atoms with E-state index in [1.54, 1.807) is 6.92 Å². The minimum atomic E-state index is -0.440. The summed E-state index contributed by atoms with van der Waals surface area (Å²) < 4.78 is 5.46. The number of esters is 1. The lowest BCUT2D eigenvalue weighted by atomic mass is 9.95. The van der Waals surface area contributed by atoms with Crippen molar-refractivity contribution in [2.24, 2.45) is 0 Å². The highest BCUT2D eigenvalue weighted by atomic mass is 16.5. The third kappa shape index (κ3) is 4.52. The summed E-state index contributed by atoms with van der Waals surface area (Å²) >= 11 is 0. The van der Waals surface area contributed by atoms with E-state index in [1.165, 1.54) is 0 Å². The van der Waals surface area contributed by atoms with E-state index in [0.717, 1.165) is 27.9 Å². The highest BCUT2D eigenvalue weighted by Gasteiger charge is 2.25. The Hall–Kier alpha value is -3.99. The molecule has 0 radical (unpaired) electrons. The molecule has 0 spiro atoms. The van der Waals surface area contributed by atoms with E-state index < -0.39 is 5.97 Å². The van der Waals surface area contributed by atoms with Crippen LogP contribution in [0.25, 0.3) is 22.4 Å². The molecule has 5 nitrogen and oxygen atoms in total. The van der Waals surface area contributed by atoms with Crippen molar-refractivity contribution in [2.75, 3.05) is 11.9 Å². The van der Waals surface area contributed by atoms with Crippen molar-refractivity contribution in [2.45, 2.75) is 20.8 Å². The number of anilines is 2. The van der Waals surface area contributed by atoms with Crippen LogP contribution in [0.3, 0.4) is 0 Å². The fourth-order valence-electron chi connectivity index (χ4n) is 3.79. The standard InChI is InChI=1S/C27H25N3O2/c1-4-32-27(31)24-23(20-11-7-5-8-12-20)25(21-13-9-6-10-14-21)29-30-26(24)28-22-16-18(2)15-19(3)17-22/h5-17H,4H2,1-3H3,(H,28,30). The van der Waals surface area contributed by atoms with Gasteiger partial charge < -0.3 is 10.1 Å². The molecule has 0 saturated carbocycles. The summed E-state index contributed by atoms with van der Waals surface area (Å²) in [4.78, 5) is 13.2. The highest BCUT2D eigenvalue weighted by molar-refractivity contribution is 6.05. The number of aryl methyl sites for hydroxylation is 2. The molecule has 0 unspecified atom stereocenters. The van der Waals surface area contributed by atoms with Crippen molar-refractivity contribution in [1.82, 2.24) is 10.2 Å². The van der Waals surface area contributed by atoms with E-state index in [0.29, 0.717) is 22.6 Å². The van der Waals surface area contributed by atoms with Crippen LogP contribution in [0.2, 0.25) is 0 Å². The number of hydrogen-bond acceptors (Lipinski definition) is 5. The fraction of sp³-hybridized carbons (Fsp3) is 0.148. The second-order valence-electron chi connectivity index (χ2n) is 7.60. The van der Waals surface area contributed by atoms with E-state index in [4.69, 9.17) is 4.74 Å². The number of nitrogens with zero attached hydrogens (tertiary/aromatic N) is 2. The molecule has 1 N–H and O–H groups in total. The Labute approximate surface area is 188 Å². The predicted molar refractivity (Wildman–Crippen MR) is 128 cm³/mol. The summed E-state index contributed by atoms with van der Waals surface area (Å²) in [5.41, 5.74) is 6.50. The van der Waals surface area contributed by atoms with Gasteiger partial charge in [-0.05, 0) is 49.6 Å². The molecule has 0 saturated heterocycles. The van der Waals surface area contributed by atoms with E-state index in [1.807, 2.05) is 86.6 Å². The number of carbonyl (C=O) groups excluding carboxylic acids is 1. The zero-order valence-electron chi connectivity index (χ0n) is 18.4. The zero-order chi connectivity index (χ0) is 22.5. The number of rotatable bonds is 6. The van der Waals surface area contributed by atoms with Crippen LogP contribution in [0.4, 0.5) is 11.5 Å². The maximum atomic E-state index is 13.2. The Morgan fingerprint density at radius 2 is 1.44 bits per heavy atom. The maximum Gasteiger partial charge on any atom is 0.342 e. The van der Waals surface area contributed by atoms with E-state index >= 15 is 0 Å². The van der Waals surface area contributed by atoms with Crippen molar-refractivity contribution in [1.29, 1.82) is 0 Å². The van der Waals surface area contributed by atoms with Gasteiger partial charge in [0.1, 0.15) is 11.3 Å². The van der Waals surface area contributed by atoms with Gasteiger partial charge in [0.05, 0.1) is 6.61 Å². The number of nitrogens with one attached hydrogen (secondary N) is 1. The van der Waals surface area contributed by atoms with Crippen LogP contribution in [-0.2, 0) is 4.74 Å². The quantitative estimate of drug-likeness (QED) is 0.366. The first-order valence-corrected chi connectivity index (χ1v) is 10.6. The number of benzene rings is 3. The first-order chi connectivity index (χ1) is 15.6. The minimum absolute atomic E-state index is 0.263. The van der Waals surface area contributed by atoms with Crippen LogP contribution >= 0.6 is 0 Å². The van der Waals surface area contributed by atoms with Crippen molar-refractivity contribution < 1.29 is 9.53 Å². The van der Waals surface area contributed by atoms with Crippen molar-refractivity contribution >= 4 is 17.5 Å². The number of hydrogen-bond donors (Lipinski definition) is 1. The molecule has 0 atom stereocenters. The normalized spacial score (nSPS) is 10.6. The summed E-state index contributed by atoms with van der Waals surface area (Å²) in [6, 6.07) is 25.6. The summed E-state index contributed by atoms with van der Waals surface area (Å²) in [6.07, 6.45) is 0. The lowest BCUT2D eigenvalue weighted by Crippen LogP contribution is -2.13. The summed E-state index contributed by atoms with van der Waals surface area (Å²) in [7, 11) is 0. The smallest absolute Gasteiger partial charge is 0.342 e. The van der Waals surface area contributed by atoms with E-state index in [9.17, 15) is 4.79 Å². The van der Waals surface area contributed by atoms with Gasteiger partial charge >= 0.3 is 5.97 Å². The molecular formula is C27H25N3O2. The molecule has 3 aromatic carbocycles. The van der Waals surface area contributed by atoms with Gasteiger partial charge in [-0.2, -0.15) is 0 Å². The van der Waals surface area contributed by atoms with Gasteiger partial charge in [-0.25, -0.2) is 4.79 Å². The molecule has 0 bridgehead atoms. The molecule has 0 amide bonds. The Bertz CT molecular complexity index is 1220. The van der Waals surface area contributed by atoms with Crippen LogP contribution < -0.4 is 5.32 Å². The third-order valence-corrected chi connectivity index (χ3v) is 5.05.